The Hall–Kier alpha value is -1.30. The molecule has 3 heterocycles. The van der Waals surface area contributed by atoms with Crippen LogP contribution in [0.4, 0.5) is 5.82 Å². The number of halogens is 1. The zero-order valence-corrected chi connectivity index (χ0v) is 19.3. The van der Waals surface area contributed by atoms with Crippen LogP contribution >= 0.6 is 35.7 Å². The molecule has 1 saturated heterocycles. The quantitative estimate of drug-likeness (QED) is 0.270. The number of hydrogen-bond acceptors (Lipinski definition) is 6. The van der Waals surface area contributed by atoms with Gasteiger partial charge in [-0.2, -0.15) is 16.9 Å². The van der Waals surface area contributed by atoms with Gasteiger partial charge in [0.1, 0.15) is 12.1 Å². The topological polar surface area (TPSA) is 83.3 Å². The molecule has 0 aromatic carbocycles. The van der Waals surface area contributed by atoms with E-state index in [1.54, 1.807) is 17.2 Å². The number of aliphatic imine (C=N–C) groups is 1. The largest absolute Gasteiger partial charge is 0.367 e. The number of nitrogens with one attached hydrogen (secondary N) is 2. The fraction of sp³-hybridized carbons (Fsp3) is 0.647. The Balaban J connectivity index is 0.00000261. The Kier molecular flexibility index (Phi) is 8.87. The second-order valence-corrected chi connectivity index (χ2v) is 7.65. The van der Waals surface area contributed by atoms with Gasteiger partial charge >= 0.3 is 0 Å². The Morgan fingerprint density at radius 3 is 3.00 bits per heavy atom. The van der Waals surface area contributed by atoms with E-state index >= 15 is 0 Å². The average Bonchev–Trinajstić information content (AvgIpc) is 3.06. The highest BCUT2D eigenvalue weighted by atomic mass is 127. The summed E-state index contributed by atoms with van der Waals surface area (Å²) < 4.78 is 1.75. The number of guanidine groups is 1. The second-order valence-electron chi connectivity index (χ2n) is 6.24. The molecule has 0 saturated carbocycles. The van der Waals surface area contributed by atoms with Crippen LogP contribution in [0.1, 0.15) is 20.3 Å². The van der Waals surface area contributed by atoms with E-state index in [-0.39, 0.29) is 24.0 Å². The zero-order chi connectivity index (χ0) is 18.4. The molecule has 2 N–H and O–H groups in total. The van der Waals surface area contributed by atoms with Gasteiger partial charge in [0.15, 0.2) is 11.6 Å². The minimum Gasteiger partial charge on any atom is -0.367 e. The van der Waals surface area contributed by atoms with E-state index in [9.17, 15) is 0 Å². The molecular weight excluding hydrogens is 475 g/mol. The molecule has 27 heavy (non-hydrogen) atoms. The Bertz CT molecular complexity index is 750. The second kappa shape index (κ2) is 10.9. The lowest BCUT2D eigenvalue weighted by Crippen LogP contribution is -2.48. The first-order valence-electron chi connectivity index (χ1n) is 9.24. The van der Waals surface area contributed by atoms with Crippen LogP contribution in [-0.2, 0) is 7.05 Å². The summed E-state index contributed by atoms with van der Waals surface area (Å²) in [4.78, 5) is 15.8. The first-order valence-corrected chi connectivity index (χ1v) is 10.3. The Labute approximate surface area is 182 Å². The number of thioether (sulfide) groups is 1. The molecule has 0 radical (unpaired) electrons. The van der Waals surface area contributed by atoms with Crippen LogP contribution in [-0.4, -0.2) is 74.3 Å². The van der Waals surface area contributed by atoms with E-state index in [0.717, 1.165) is 49.0 Å². The SMILES string of the molecule is CCNC(=NCCNc1ncnc2c1cnn2C)N1CCSC(CC)C1.I. The van der Waals surface area contributed by atoms with E-state index in [1.165, 1.54) is 12.2 Å². The maximum atomic E-state index is 4.80. The predicted molar refractivity (Wildman–Crippen MR) is 124 cm³/mol. The van der Waals surface area contributed by atoms with Crippen LogP contribution in [0, 0.1) is 0 Å². The van der Waals surface area contributed by atoms with Gasteiger partial charge in [0.25, 0.3) is 0 Å². The summed E-state index contributed by atoms with van der Waals surface area (Å²) in [5, 5.41) is 12.7. The highest BCUT2D eigenvalue weighted by Crippen LogP contribution is 2.21. The summed E-state index contributed by atoms with van der Waals surface area (Å²) in [5.74, 6) is 2.99. The first-order chi connectivity index (χ1) is 12.7. The minimum absolute atomic E-state index is 0. The zero-order valence-electron chi connectivity index (χ0n) is 16.2. The minimum atomic E-state index is 0. The third-order valence-electron chi connectivity index (χ3n) is 4.42. The first kappa shape index (κ1) is 22.0. The lowest BCUT2D eigenvalue weighted by Gasteiger charge is -2.34. The standard InChI is InChI=1S/C17H28N8S.HI/c1-4-13-11-25(8-9-26-13)17(18-5-2)20-7-6-19-15-14-10-23-24(3)16(14)22-12-21-15;/h10,12-13H,4-9,11H2,1-3H3,(H,18,20)(H,19,21,22);1H. The number of nitrogens with zero attached hydrogens (tertiary/aromatic N) is 6. The molecular formula is C17H29IN8S. The summed E-state index contributed by atoms with van der Waals surface area (Å²) in [6.07, 6.45) is 4.56. The molecule has 0 aliphatic carbocycles. The van der Waals surface area contributed by atoms with Gasteiger partial charge < -0.3 is 15.5 Å². The molecule has 150 valence electrons. The molecule has 2 aromatic rings. The molecule has 3 rings (SSSR count). The molecule has 10 heteroatoms. The molecule has 2 aromatic heterocycles. The van der Waals surface area contributed by atoms with Gasteiger partial charge in [-0.05, 0) is 13.3 Å². The number of hydrogen-bond donors (Lipinski definition) is 2. The van der Waals surface area contributed by atoms with Crippen molar-refractivity contribution in [1.29, 1.82) is 0 Å². The highest BCUT2D eigenvalue weighted by Gasteiger charge is 2.21. The van der Waals surface area contributed by atoms with Crippen molar-refractivity contribution in [3.05, 3.63) is 12.5 Å². The van der Waals surface area contributed by atoms with Gasteiger partial charge in [0.05, 0.1) is 18.1 Å². The van der Waals surface area contributed by atoms with Crippen molar-refractivity contribution in [2.45, 2.75) is 25.5 Å². The number of aryl methyl sites for hydroxylation is 1. The average molecular weight is 504 g/mol. The summed E-state index contributed by atoms with van der Waals surface area (Å²) in [7, 11) is 1.88. The van der Waals surface area contributed by atoms with Crippen molar-refractivity contribution in [2.24, 2.45) is 12.0 Å². The van der Waals surface area contributed by atoms with Crippen LogP contribution in [0.5, 0.6) is 0 Å². The molecule has 0 spiro atoms. The number of anilines is 1. The highest BCUT2D eigenvalue weighted by molar-refractivity contribution is 14.0. The molecule has 1 aliphatic rings. The fourth-order valence-electron chi connectivity index (χ4n) is 3.02. The summed E-state index contributed by atoms with van der Waals surface area (Å²) in [6, 6.07) is 0. The fourth-order valence-corrected chi connectivity index (χ4v) is 4.20. The van der Waals surface area contributed by atoms with Gasteiger partial charge in [-0.3, -0.25) is 9.67 Å². The van der Waals surface area contributed by atoms with Crippen LogP contribution in [0.3, 0.4) is 0 Å². The molecule has 1 fully saturated rings. The van der Waals surface area contributed by atoms with Crippen molar-refractivity contribution >= 4 is 58.5 Å². The van der Waals surface area contributed by atoms with E-state index in [1.807, 2.05) is 7.05 Å². The third-order valence-corrected chi connectivity index (χ3v) is 5.80. The monoisotopic (exact) mass is 504 g/mol. The van der Waals surface area contributed by atoms with E-state index in [0.29, 0.717) is 11.8 Å². The molecule has 0 amide bonds. The van der Waals surface area contributed by atoms with Crippen molar-refractivity contribution in [1.82, 2.24) is 30.0 Å². The van der Waals surface area contributed by atoms with Gasteiger partial charge in [-0.25, -0.2) is 9.97 Å². The third kappa shape index (κ3) is 5.59. The number of aromatic nitrogens is 4. The smallest absolute Gasteiger partial charge is 0.194 e. The van der Waals surface area contributed by atoms with E-state index in [2.05, 4.69) is 56.2 Å². The Morgan fingerprint density at radius 1 is 1.37 bits per heavy atom. The molecule has 1 atom stereocenters. The maximum Gasteiger partial charge on any atom is 0.194 e. The van der Waals surface area contributed by atoms with Gasteiger partial charge in [-0.1, -0.05) is 6.92 Å². The maximum absolute atomic E-state index is 4.80. The molecule has 8 nitrogen and oxygen atoms in total. The van der Waals surface area contributed by atoms with Crippen LogP contribution in [0.2, 0.25) is 0 Å². The summed E-state index contributed by atoms with van der Waals surface area (Å²) in [6.45, 7) is 8.80. The molecule has 0 bridgehead atoms. The van der Waals surface area contributed by atoms with Crippen LogP contribution < -0.4 is 10.6 Å². The Morgan fingerprint density at radius 2 is 2.22 bits per heavy atom. The van der Waals surface area contributed by atoms with E-state index < -0.39 is 0 Å². The van der Waals surface area contributed by atoms with E-state index in [4.69, 9.17) is 4.99 Å². The van der Waals surface area contributed by atoms with Crippen molar-refractivity contribution in [2.75, 3.05) is 43.8 Å². The molecule has 1 unspecified atom stereocenters. The van der Waals surface area contributed by atoms with Gasteiger partial charge in [-0.15, -0.1) is 24.0 Å². The lowest BCUT2D eigenvalue weighted by atomic mass is 10.3. The van der Waals surface area contributed by atoms with Gasteiger partial charge in [0.2, 0.25) is 0 Å². The molecule has 1 aliphatic heterocycles. The van der Waals surface area contributed by atoms with Crippen molar-refractivity contribution in [3.8, 4) is 0 Å². The van der Waals surface area contributed by atoms with Gasteiger partial charge in [0, 0.05) is 44.2 Å². The summed E-state index contributed by atoms with van der Waals surface area (Å²) in [5.41, 5.74) is 0.829. The number of rotatable bonds is 6. The summed E-state index contributed by atoms with van der Waals surface area (Å²) >= 11 is 2.07. The predicted octanol–water partition coefficient (Wildman–Crippen LogP) is 2.19. The van der Waals surface area contributed by atoms with Crippen molar-refractivity contribution in [3.63, 3.8) is 0 Å². The number of fused-ring (bicyclic) bond motifs is 1. The lowest BCUT2D eigenvalue weighted by molar-refractivity contribution is 0.408. The van der Waals surface area contributed by atoms with Crippen molar-refractivity contribution < 1.29 is 0 Å². The van der Waals surface area contributed by atoms with Crippen LogP contribution in [0.25, 0.3) is 11.0 Å². The normalized spacial score (nSPS) is 17.7. The van der Waals surface area contributed by atoms with Crippen LogP contribution in [0.15, 0.2) is 17.5 Å².